The minimum atomic E-state index is -0.361. The second-order valence-corrected chi connectivity index (χ2v) is 6.43. The van der Waals surface area contributed by atoms with Gasteiger partial charge in [0.25, 0.3) is 5.69 Å². The van der Waals surface area contributed by atoms with E-state index in [0.717, 1.165) is 30.2 Å². The number of nitrogens with zero attached hydrogens (tertiary/aromatic N) is 4. The molecule has 0 bridgehead atoms. The minimum absolute atomic E-state index is 0.0549. The molecule has 24 heavy (non-hydrogen) atoms. The molecule has 3 rings (SSSR count). The Morgan fingerprint density at radius 2 is 1.88 bits per heavy atom. The first-order chi connectivity index (χ1) is 11.3. The summed E-state index contributed by atoms with van der Waals surface area (Å²) in [5, 5.41) is 15.8. The maximum absolute atomic E-state index is 11.4. The van der Waals surface area contributed by atoms with E-state index in [9.17, 15) is 10.1 Å². The van der Waals surface area contributed by atoms with Gasteiger partial charge in [-0.15, -0.1) is 0 Å². The van der Waals surface area contributed by atoms with Crippen molar-refractivity contribution in [2.24, 2.45) is 0 Å². The fourth-order valence-corrected chi connectivity index (χ4v) is 3.29. The number of aryl methyl sites for hydroxylation is 2. The Morgan fingerprint density at radius 1 is 1.21 bits per heavy atom. The van der Waals surface area contributed by atoms with Crippen LogP contribution in [0, 0.1) is 24.0 Å². The summed E-state index contributed by atoms with van der Waals surface area (Å²) in [7, 11) is 0. The van der Waals surface area contributed by atoms with Crippen LogP contribution in [0.15, 0.2) is 24.3 Å². The van der Waals surface area contributed by atoms with Gasteiger partial charge in [-0.1, -0.05) is 0 Å². The molecule has 0 amide bonds. The van der Waals surface area contributed by atoms with E-state index in [1.54, 1.807) is 16.8 Å². The van der Waals surface area contributed by atoms with Gasteiger partial charge in [-0.3, -0.25) is 10.1 Å². The zero-order valence-electron chi connectivity index (χ0n) is 14.4. The van der Waals surface area contributed by atoms with Crippen molar-refractivity contribution in [2.75, 3.05) is 18.0 Å². The zero-order chi connectivity index (χ0) is 17.4. The molecular weight excluding hydrogens is 308 g/mol. The van der Waals surface area contributed by atoms with Crippen LogP contribution in [0.4, 0.5) is 11.4 Å². The number of ether oxygens (including phenoxy) is 1. The molecule has 1 fully saturated rings. The van der Waals surface area contributed by atoms with Gasteiger partial charge in [0.1, 0.15) is 5.69 Å². The minimum Gasteiger partial charge on any atom is -0.372 e. The average molecular weight is 330 g/mol. The smallest absolute Gasteiger partial charge is 0.295 e. The number of hydrogen-bond acceptors (Lipinski definition) is 5. The third-order valence-electron chi connectivity index (χ3n) is 4.18. The van der Waals surface area contributed by atoms with Gasteiger partial charge in [0, 0.05) is 30.5 Å². The Balaban J connectivity index is 2.06. The molecule has 2 aromatic rings. The number of nitro benzene ring substituents is 1. The van der Waals surface area contributed by atoms with E-state index in [1.807, 2.05) is 39.8 Å². The van der Waals surface area contributed by atoms with Crippen molar-refractivity contribution < 1.29 is 9.66 Å². The van der Waals surface area contributed by atoms with Crippen molar-refractivity contribution in [2.45, 2.75) is 39.9 Å². The van der Waals surface area contributed by atoms with Crippen LogP contribution in [0.3, 0.4) is 0 Å². The number of aromatic nitrogens is 2. The van der Waals surface area contributed by atoms with Gasteiger partial charge in [0.15, 0.2) is 0 Å². The fraction of sp³-hybridized carbons (Fsp3) is 0.471. The summed E-state index contributed by atoms with van der Waals surface area (Å²) in [5.41, 5.74) is 3.21. The quantitative estimate of drug-likeness (QED) is 0.639. The summed E-state index contributed by atoms with van der Waals surface area (Å²) in [6.45, 7) is 9.38. The largest absolute Gasteiger partial charge is 0.372 e. The van der Waals surface area contributed by atoms with E-state index in [2.05, 4.69) is 10.00 Å². The number of benzene rings is 1. The van der Waals surface area contributed by atoms with E-state index >= 15 is 0 Å². The second-order valence-electron chi connectivity index (χ2n) is 6.43. The molecule has 7 heteroatoms. The molecule has 7 nitrogen and oxygen atoms in total. The van der Waals surface area contributed by atoms with Crippen molar-refractivity contribution in [3.05, 3.63) is 45.8 Å². The summed E-state index contributed by atoms with van der Waals surface area (Å²) in [4.78, 5) is 13.3. The van der Waals surface area contributed by atoms with Crippen LogP contribution in [0.25, 0.3) is 5.69 Å². The average Bonchev–Trinajstić information content (AvgIpc) is 2.84. The van der Waals surface area contributed by atoms with Gasteiger partial charge in [0.2, 0.25) is 0 Å². The van der Waals surface area contributed by atoms with E-state index in [0.29, 0.717) is 5.69 Å². The van der Waals surface area contributed by atoms with E-state index in [1.165, 1.54) is 0 Å². The van der Waals surface area contributed by atoms with Crippen molar-refractivity contribution in [1.82, 2.24) is 9.78 Å². The monoisotopic (exact) mass is 330 g/mol. The van der Waals surface area contributed by atoms with Crippen molar-refractivity contribution in [1.29, 1.82) is 0 Å². The molecule has 1 aromatic carbocycles. The van der Waals surface area contributed by atoms with Gasteiger partial charge in [-0.2, -0.15) is 5.10 Å². The third kappa shape index (κ3) is 3.12. The number of nitro groups is 1. The first-order valence-electron chi connectivity index (χ1n) is 8.07. The summed E-state index contributed by atoms with van der Waals surface area (Å²) < 4.78 is 7.41. The number of morpholine rings is 1. The molecule has 0 radical (unpaired) electrons. The topological polar surface area (TPSA) is 73.4 Å². The van der Waals surface area contributed by atoms with Crippen LogP contribution in [0.2, 0.25) is 0 Å². The molecular formula is C17H22N4O3. The summed E-state index contributed by atoms with van der Waals surface area (Å²) in [5.74, 6) is 0. The molecule has 0 N–H and O–H groups in total. The van der Waals surface area contributed by atoms with Crippen molar-refractivity contribution >= 4 is 11.4 Å². The Morgan fingerprint density at radius 3 is 2.42 bits per heavy atom. The predicted octanol–water partition coefficient (Wildman–Crippen LogP) is 3.01. The maximum Gasteiger partial charge on any atom is 0.295 e. The van der Waals surface area contributed by atoms with Gasteiger partial charge in [-0.25, -0.2) is 4.68 Å². The molecule has 1 aliphatic heterocycles. The normalized spacial score (nSPS) is 21.1. The van der Waals surface area contributed by atoms with Crippen LogP contribution in [-0.4, -0.2) is 40.0 Å². The Hall–Kier alpha value is -2.41. The highest BCUT2D eigenvalue weighted by atomic mass is 16.6. The lowest BCUT2D eigenvalue weighted by Crippen LogP contribution is -2.45. The van der Waals surface area contributed by atoms with Crippen LogP contribution in [0.5, 0.6) is 0 Å². The Bertz CT molecular complexity index is 761. The number of anilines is 1. The van der Waals surface area contributed by atoms with Crippen LogP contribution in [-0.2, 0) is 4.74 Å². The molecule has 0 spiro atoms. The lowest BCUT2D eigenvalue weighted by Gasteiger charge is -2.37. The van der Waals surface area contributed by atoms with Crippen LogP contribution < -0.4 is 4.90 Å². The summed E-state index contributed by atoms with van der Waals surface area (Å²) in [6.07, 6.45) is 0.252. The van der Waals surface area contributed by atoms with E-state index < -0.39 is 0 Å². The molecule has 2 atom stereocenters. The first kappa shape index (κ1) is 16.4. The lowest BCUT2D eigenvalue weighted by molar-refractivity contribution is -0.384. The molecule has 128 valence electrons. The number of hydrogen-bond donors (Lipinski definition) is 0. The van der Waals surface area contributed by atoms with Gasteiger partial charge >= 0.3 is 0 Å². The standard InChI is InChI=1S/C17H22N4O3/c1-11-7-12(2)20(18-11)17-8-15(5-6-16(17)21(22)23)19-9-13(3)24-14(4)10-19/h5-8,13-14H,9-10H2,1-4H3/t13-,14-/m0/s1. The highest BCUT2D eigenvalue weighted by molar-refractivity contribution is 5.63. The molecule has 0 saturated carbocycles. The third-order valence-corrected chi connectivity index (χ3v) is 4.18. The zero-order valence-corrected chi connectivity index (χ0v) is 14.4. The van der Waals surface area contributed by atoms with Gasteiger partial charge in [-0.05, 0) is 45.9 Å². The summed E-state index contributed by atoms with van der Waals surface area (Å²) in [6, 6.07) is 7.13. The van der Waals surface area contributed by atoms with Crippen LogP contribution >= 0.6 is 0 Å². The van der Waals surface area contributed by atoms with Crippen molar-refractivity contribution in [3.63, 3.8) is 0 Å². The fourth-order valence-electron chi connectivity index (χ4n) is 3.29. The highest BCUT2D eigenvalue weighted by Gasteiger charge is 2.25. The highest BCUT2D eigenvalue weighted by Crippen LogP contribution is 2.30. The first-order valence-corrected chi connectivity index (χ1v) is 8.07. The Kier molecular flexibility index (Phi) is 4.28. The molecule has 0 aliphatic carbocycles. The predicted molar refractivity (Wildman–Crippen MR) is 91.9 cm³/mol. The van der Waals surface area contributed by atoms with Crippen molar-refractivity contribution in [3.8, 4) is 5.69 Å². The number of rotatable bonds is 3. The molecule has 0 unspecified atom stereocenters. The molecule has 1 aromatic heterocycles. The molecule has 2 heterocycles. The Labute approximate surface area is 141 Å². The lowest BCUT2D eigenvalue weighted by atomic mass is 10.1. The van der Waals surface area contributed by atoms with E-state index in [-0.39, 0.29) is 22.8 Å². The maximum atomic E-state index is 11.4. The second kappa shape index (κ2) is 6.24. The van der Waals surface area contributed by atoms with E-state index in [4.69, 9.17) is 4.74 Å². The van der Waals surface area contributed by atoms with Gasteiger partial charge < -0.3 is 9.64 Å². The SMILES string of the molecule is Cc1cc(C)n(-c2cc(N3C[C@H](C)O[C@@H](C)C3)ccc2[N+](=O)[O-])n1. The van der Waals surface area contributed by atoms with Gasteiger partial charge in [0.05, 0.1) is 22.8 Å². The molecule has 1 aliphatic rings. The summed E-state index contributed by atoms with van der Waals surface area (Å²) >= 11 is 0. The molecule has 1 saturated heterocycles. The van der Waals surface area contributed by atoms with Crippen LogP contribution in [0.1, 0.15) is 25.2 Å².